The second-order valence-corrected chi connectivity index (χ2v) is 7.07. The maximum Gasteiger partial charge on any atom is 0.241 e. The summed E-state index contributed by atoms with van der Waals surface area (Å²) in [5, 5.41) is 3.33. The number of hydrogen-bond donors (Lipinski definition) is 2. The van der Waals surface area contributed by atoms with Crippen LogP contribution in [0.4, 0.5) is 0 Å². The highest BCUT2D eigenvalue weighted by atomic mass is 35.5. The van der Waals surface area contributed by atoms with E-state index in [4.69, 9.17) is 11.6 Å². The van der Waals surface area contributed by atoms with Crippen LogP contribution in [0.15, 0.2) is 59.5 Å². The standard InChI is InChI=1S/C16H17ClN2O3S/c17-14-8-6-13(7-9-14)10-11-18-16(20)12-19-23(21,22)15-4-2-1-3-5-15/h1-9,19H,10-12H2,(H,18,20). The molecule has 0 saturated carbocycles. The van der Waals surface area contributed by atoms with Gasteiger partial charge in [0.1, 0.15) is 0 Å². The van der Waals surface area contributed by atoms with Gasteiger partial charge < -0.3 is 5.32 Å². The normalized spacial score (nSPS) is 11.2. The first-order valence-electron chi connectivity index (χ1n) is 7.03. The van der Waals surface area contributed by atoms with E-state index in [9.17, 15) is 13.2 Å². The third kappa shape index (κ3) is 5.67. The number of amides is 1. The quantitative estimate of drug-likeness (QED) is 0.800. The van der Waals surface area contributed by atoms with Crippen molar-refractivity contribution in [2.24, 2.45) is 0 Å². The number of halogens is 1. The van der Waals surface area contributed by atoms with Gasteiger partial charge in [0.05, 0.1) is 11.4 Å². The zero-order valence-electron chi connectivity index (χ0n) is 12.3. The lowest BCUT2D eigenvalue weighted by Crippen LogP contribution is -2.37. The second-order valence-electron chi connectivity index (χ2n) is 4.86. The first-order chi connectivity index (χ1) is 11.0. The van der Waals surface area contributed by atoms with Gasteiger partial charge >= 0.3 is 0 Å². The molecule has 0 aliphatic heterocycles. The number of carbonyl (C=O) groups excluding carboxylic acids is 1. The van der Waals surface area contributed by atoms with Crippen LogP contribution in [0.2, 0.25) is 5.02 Å². The van der Waals surface area contributed by atoms with Crippen LogP contribution in [0, 0.1) is 0 Å². The Hall–Kier alpha value is -1.89. The number of nitrogens with one attached hydrogen (secondary N) is 2. The number of benzene rings is 2. The molecule has 1 amide bonds. The lowest BCUT2D eigenvalue weighted by Gasteiger charge is -2.08. The molecule has 7 heteroatoms. The van der Waals surface area contributed by atoms with Crippen LogP contribution in [-0.4, -0.2) is 27.4 Å². The van der Waals surface area contributed by atoms with E-state index in [0.717, 1.165) is 5.56 Å². The molecule has 0 unspecified atom stereocenters. The van der Waals surface area contributed by atoms with E-state index in [0.29, 0.717) is 18.0 Å². The van der Waals surface area contributed by atoms with E-state index in [1.165, 1.54) is 12.1 Å². The summed E-state index contributed by atoms with van der Waals surface area (Å²) in [6.45, 7) is 0.130. The number of carbonyl (C=O) groups is 1. The van der Waals surface area contributed by atoms with Crippen molar-refractivity contribution in [1.82, 2.24) is 10.0 Å². The van der Waals surface area contributed by atoms with Crippen molar-refractivity contribution in [3.63, 3.8) is 0 Å². The van der Waals surface area contributed by atoms with Gasteiger partial charge in [-0.1, -0.05) is 41.9 Å². The molecule has 0 atom stereocenters. The van der Waals surface area contributed by atoms with E-state index >= 15 is 0 Å². The molecule has 2 aromatic rings. The minimum atomic E-state index is -3.66. The van der Waals surface area contributed by atoms with Crippen LogP contribution >= 0.6 is 11.6 Å². The van der Waals surface area contributed by atoms with Crippen LogP contribution in [0.1, 0.15) is 5.56 Å². The van der Waals surface area contributed by atoms with Gasteiger partial charge in [0.25, 0.3) is 0 Å². The molecule has 0 heterocycles. The monoisotopic (exact) mass is 352 g/mol. The van der Waals surface area contributed by atoms with E-state index in [-0.39, 0.29) is 17.3 Å². The first kappa shape index (κ1) is 17.5. The smallest absolute Gasteiger partial charge is 0.241 e. The molecule has 2 N–H and O–H groups in total. The molecule has 2 rings (SSSR count). The van der Waals surface area contributed by atoms with E-state index < -0.39 is 10.0 Å². The minimum Gasteiger partial charge on any atom is -0.355 e. The summed E-state index contributed by atoms with van der Waals surface area (Å²) >= 11 is 5.80. The number of hydrogen-bond acceptors (Lipinski definition) is 3. The highest BCUT2D eigenvalue weighted by molar-refractivity contribution is 7.89. The summed E-state index contributed by atoms with van der Waals surface area (Å²) < 4.78 is 26.2. The highest BCUT2D eigenvalue weighted by Crippen LogP contribution is 2.09. The molecule has 0 aromatic heterocycles. The van der Waals surface area contributed by atoms with E-state index in [2.05, 4.69) is 10.0 Å². The zero-order chi connectivity index (χ0) is 16.7. The van der Waals surface area contributed by atoms with Gasteiger partial charge in [-0.3, -0.25) is 4.79 Å². The van der Waals surface area contributed by atoms with Crippen LogP contribution < -0.4 is 10.0 Å². The van der Waals surface area contributed by atoms with Gasteiger partial charge in [-0.15, -0.1) is 0 Å². The Morgan fingerprint density at radius 2 is 1.65 bits per heavy atom. The molecular formula is C16H17ClN2O3S. The van der Waals surface area contributed by atoms with Crippen molar-refractivity contribution in [2.75, 3.05) is 13.1 Å². The van der Waals surface area contributed by atoms with Crippen LogP contribution in [0.25, 0.3) is 0 Å². The molecule has 0 aliphatic carbocycles. The Balaban J connectivity index is 1.76. The molecule has 0 radical (unpaired) electrons. The summed E-state index contributed by atoms with van der Waals surface area (Å²) in [7, 11) is -3.66. The SMILES string of the molecule is O=C(CNS(=O)(=O)c1ccccc1)NCCc1ccc(Cl)cc1. The van der Waals surface area contributed by atoms with Crippen molar-refractivity contribution in [1.29, 1.82) is 0 Å². The number of rotatable bonds is 7. The first-order valence-corrected chi connectivity index (χ1v) is 8.89. The molecule has 0 saturated heterocycles. The molecular weight excluding hydrogens is 336 g/mol. The Labute approximate surface area is 140 Å². The molecule has 0 fully saturated rings. The van der Waals surface area contributed by atoms with Crippen LogP contribution in [-0.2, 0) is 21.2 Å². The lowest BCUT2D eigenvalue weighted by molar-refractivity contribution is -0.119. The summed E-state index contributed by atoms with van der Waals surface area (Å²) in [4.78, 5) is 11.8. The molecule has 0 bridgehead atoms. The lowest BCUT2D eigenvalue weighted by atomic mass is 10.1. The van der Waals surface area contributed by atoms with Crippen molar-refractivity contribution >= 4 is 27.5 Å². The molecule has 23 heavy (non-hydrogen) atoms. The maximum atomic E-state index is 12.0. The van der Waals surface area contributed by atoms with E-state index in [1.54, 1.807) is 30.3 Å². The van der Waals surface area contributed by atoms with Gasteiger partial charge in [-0.25, -0.2) is 13.1 Å². The Morgan fingerprint density at radius 3 is 2.30 bits per heavy atom. The largest absolute Gasteiger partial charge is 0.355 e. The fourth-order valence-electron chi connectivity index (χ4n) is 1.90. The zero-order valence-corrected chi connectivity index (χ0v) is 13.9. The van der Waals surface area contributed by atoms with Crippen molar-refractivity contribution in [3.05, 3.63) is 65.2 Å². The third-order valence-electron chi connectivity index (χ3n) is 3.13. The molecule has 2 aromatic carbocycles. The van der Waals surface area contributed by atoms with Crippen molar-refractivity contribution < 1.29 is 13.2 Å². The van der Waals surface area contributed by atoms with Gasteiger partial charge in [-0.05, 0) is 36.2 Å². The average molecular weight is 353 g/mol. The molecule has 0 aliphatic rings. The summed E-state index contributed by atoms with van der Waals surface area (Å²) in [5.74, 6) is -0.376. The molecule has 122 valence electrons. The maximum absolute atomic E-state index is 12.0. The van der Waals surface area contributed by atoms with E-state index in [1.807, 2.05) is 12.1 Å². The van der Waals surface area contributed by atoms with Gasteiger partial charge in [0.15, 0.2) is 0 Å². The summed E-state index contributed by atoms with van der Waals surface area (Å²) in [6.07, 6.45) is 0.647. The van der Waals surface area contributed by atoms with Crippen molar-refractivity contribution in [3.8, 4) is 0 Å². The van der Waals surface area contributed by atoms with Crippen LogP contribution in [0.3, 0.4) is 0 Å². The van der Waals surface area contributed by atoms with Gasteiger partial charge in [-0.2, -0.15) is 0 Å². The fourth-order valence-corrected chi connectivity index (χ4v) is 3.03. The minimum absolute atomic E-state index is 0.133. The fraction of sp³-hybridized carbons (Fsp3) is 0.188. The Kier molecular flexibility index (Phi) is 6.15. The highest BCUT2D eigenvalue weighted by Gasteiger charge is 2.14. The van der Waals surface area contributed by atoms with Gasteiger partial charge in [0.2, 0.25) is 15.9 Å². The summed E-state index contributed by atoms with van der Waals surface area (Å²) in [6, 6.07) is 15.3. The predicted molar refractivity (Wildman–Crippen MR) is 89.8 cm³/mol. The van der Waals surface area contributed by atoms with Crippen molar-refractivity contribution in [2.45, 2.75) is 11.3 Å². The Morgan fingerprint density at radius 1 is 1.00 bits per heavy atom. The molecule has 5 nitrogen and oxygen atoms in total. The number of sulfonamides is 1. The Bertz CT molecular complexity index is 747. The summed E-state index contributed by atoms with van der Waals surface area (Å²) in [5.41, 5.74) is 1.04. The topological polar surface area (TPSA) is 75.3 Å². The predicted octanol–water partition coefficient (Wildman–Crippen LogP) is 1.98. The third-order valence-corrected chi connectivity index (χ3v) is 4.79. The molecule has 0 spiro atoms. The van der Waals surface area contributed by atoms with Gasteiger partial charge in [0, 0.05) is 11.6 Å². The average Bonchev–Trinajstić information content (AvgIpc) is 2.56. The van der Waals surface area contributed by atoms with Crippen LogP contribution in [0.5, 0.6) is 0 Å². The second kappa shape index (κ2) is 8.10.